The SMILES string of the molecule is C=C1CCCN1Cc1nc2c([nH]1)c(N)nc1cc(-c3ccccc3C)ccc12. The average molecular weight is 369 g/mol. The van der Waals surface area contributed by atoms with E-state index in [1.165, 1.54) is 16.8 Å². The smallest absolute Gasteiger partial charge is 0.150 e. The van der Waals surface area contributed by atoms with Crippen LogP contribution < -0.4 is 5.73 Å². The van der Waals surface area contributed by atoms with Gasteiger partial charge in [0.1, 0.15) is 22.7 Å². The van der Waals surface area contributed by atoms with E-state index in [0.29, 0.717) is 5.82 Å². The summed E-state index contributed by atoms with van der Waals surface area (Å²) < 4.78 is 0. The molecule has 0 amide bonds. The Labute approximate surface area is 163 Å². The number of benzene rings is 2. The van der Waals surface area contributed by atoms with Crippen LogP contribution in [0.15, 0.2) is 54.7 Å². The molecule has 1 aliphatic rings. The number of fused-ring (bicyclic) bond motifs is 3. The topological polar surface area (TPSA) is 70.8 Å². The minimum absolute atomic E-state index is 0.489. The molecule has 28 heavy (non-hydrogen) atoms. The standard InChI is InChI=1S/C23H23N5/c1-14-6-3-4-8-17(14)16-9-10-18-19(12-16)25-23(24)22-21(18)26-20(27-22)13-28-11-5-7-15(28)2/h3-4,6,8-10,12H,2,5,7,11,13H2,1H3,(H2,24,25)(H,26,27). The zero-order valence-electron chi connectivity index (χ0n) is 16.0. The Kier molecular flexibility index (Phi) is 3.83. The maximum atomic E-state index is 6.28. The highest BCUT2D eigenvalue weighted by atomic mass is 15.2. The molecule has 1 saturated heterocycles. The van der Waals surface area contributed by atoms with Crippen molar-refractivity contribution in [3.05, 3.63) is 66.1 Å². The molecule has 0 atom stereocenters. The minimum Gasteiger partial charge on any atom is -0.382 e. The second-order valence-corrected chi connectivity index (χ2v) is 7.54. The molecule has 5 rings (SSSR count). The maximum Gasteiger partial charge on any atom is 0.150 e. The zero-order valence-corrected chi connectivity index (χ0v) is 16.0. The molecule has 3 heterocycles. The Morgan fingerprint density at radius 1 is 1.18 bits per heavy atom. The Morgan fingerprint density at radius 2 is 2.04 bits per heavy atom. The van der Waals surface area contributed by atoms with Crippen LogP contribution in [0.5, 0.6) is 0 Å². The van der Waals surface area contributed by atoms with Crippen molar-refractivity contribution < 1.29 is 0 Å². The van der Waals surface area contributed by atoms with Crippen molar-refractivity contribution in [2.24, 2.45) is 0 Å². The number of aryl methyl sites for hydroxylation is 1. The number of imidazole rings is 1. The van der Waals surface area contributed by atoms with Gasteiger partial charge in [-0.2, -0.15) is 0 Å². The van der Waals surface area contributed by atoms with Crippen molar-refractivity contribution in [3.8, 4) is 11.1 Å². The summed E-state index contributed by atoms with van der Waals surface area (Å²) in [6.07, 6.45) is 2.22. The number of hydrogen-bond donors (Lipinski definition) is 2. The fourth-order valence-corrected chi connectivity index (χ4v) is 4.11. The summed E-state index contributed by atoms with van der Waals surface area (Å²) in [4.78, 5) is 15.2. The third-order valence-electron chi connectivity index (χ3n) is 5.64. The number of H-pyrrole nitrogens is 1. The van der Waals surface area contributed by atoms with E-state index >= 15 is 0 Å². The van der Waals surface area contributed by atoms with E-state index in [-0.39, 0.29) is 0 Å². The van der Waals surface area contributed by atoms with Gasteiger partial charge < -0.3 is 15.6 Å². The highest BCUT2D eigenvalue weighted by molar-refractivity contribution is 6.07. The molecule has 0 saturated carbocycles. The molecule has 1 aliphatic heterocycles. The van der Waals surface area contributed by atoms with Gasteiger partial charge in [0, 0.05) is 17.6 Å². The number of anilines is 1. The molecule has 0 spiro atoms. The third-order valence-corrected chi connectivity index (χ3v) is 5.64. The predicted molar refractivity (Wildman–Crippen MR) is 115 cm³/mol. The second kappa shape index (κ2) is 6.37. The van der Waals surface area contributed by atoms with Crippen LogP contribution in [0, 0.1) is 6.92 Å². The van der Waals surface area contributed by atoms with Crippen LogP contribution in [0.25, 0.3) is 33.1 Å². The monoisotopic (exact) mass is 369 g/mol. The number of rotatable bonds is 3. The van der Waals surface area contributed by atoms with Crippen molar-refractivity contribution in [2.75, 3.05) is 12.3 Å². The van der Waals surface area contributed by atoms with E-state index in [1.807, 2.05) is 0 Å². The van der Waals surface area contributed by atoms with Crippen molar-refractivity contribution in [2.45, 2.75) is 26.3 Å². The molecule has 1 fully saturated rings. The molecular weight excluding hydrogens is 346 g/mol. The van der Waals surface area contributed by atoms with Crippen LogP contribution in [-0.4, -0.2) is 26.4 Å². The Morgan fingerprint density at radius 3 is 2.82 bits per heavy atom. The predicted octanol–water partition coefficient (Wildman–Crippen LogP) is 4.78. The quantitative estimate of drug-likeness (QED) is 0.545. The first kappa shape index (κ1) is 16.8. The van der Waals surface area contributed by atoms with E-state index in [9.17, 15) is 0 Å². The summed E-state index contributed by atoms with van der Waals surface area (Å²) in [6, 6.07) is 14.7. The van der Waals surface area contributed by atoms with Crippen molar-refractivity contribution >= 4 is 27.8 Å². The number of aromatic nitrogens is 3. The number of aromatic amines is 1. The minimum atomic E-state index is 0.489. The van der Waals surface area contributed by atoms with E-state index in [4.69, 9.17) is 10.7 Å². The molecule has 0 bridgehead atoms. The third kappa shape index (κ3) is 2.71. The van der Waals surface area contributed by atoms with Crippen molar-refractivity contribution in [1.82, 2.24) is 19.9 Å². The Balaban J connectivity index is 1.61. The number of hydrogen-bond acceptors (Lipinski definition) is 4. The number of nitrogen functional groups attached to an aromatic ring is 1. The van der Waals surface area contributed by atoms with Crippen molar-refractivity contribution in [3.63, 3.8) is 0 Å². The maximum absolute atomic E-state index is 6.28. The van der Waals surface area contributed by atoms with E-state index < -0.39 is 0 Å². The fourth-order valence-electron chi connectivity index (χ4n) is 4.11. The summed E-state index contributed by atoms with van der Waals surface area (Å²) in [5, 5.41) is 1.02. The van der Waals surface area contributed by atoms with Crippen LogP contribution >= 0.6 is 0 Å². The van der Waals surface area contributed by atoms with Crippen LogP contribution in [0.2, 0.25) is 0 Å². The number of nitrogens with one attached hydrogen (secondary N) is 1. The summed E-state index contributed by atoms with van der Waals surface area (Å²) >= 11 is 0. The van der Waals surface area contributed by atoms with Gasteiger partial charge >= 0.3 is 0 Å². The molecule has 5 nitrogen and oxygen atoms in total. The molecule has 2 aromatic carbocycles. The lowest BCUT2D eigenvalue weighted by Crippen LogP contribution is -2.17. The fraction of sp³-hybridized carbons (Fsp3) is 0.217. The van der Waals surface area contributed by atoms with Gasteiger partial charge in [0.2, 0.25) is 0 Å². The average Bonchev–Trinajstić information content (AvgIpc) is 3.29. The number of allylic oxidation sites excluding steroid dienone is 1. The Bertz CT molecular complexity index is 1220. The first-order chi connectivity index (χ1) is 13.6. The van der Waals surface area contributed by atoms with Gasteiger partial charge in [-0.05, 0) is 48.6 Å². The Hall–Kier alpha value is -3.34. The molecule has 0 unspecified atom stereocenters. The highest BCUT2D eigenvalue weighted by Gasteiger charge is 2.18. The molecule has 0 aliphatic carbocycles. The largest absolute Gasteiger partial charge is 0.382 e. The number of pyridine rings is 1. The summed E-state index contributed by atoms with van der Waals surface area (Å²) in [7, 11) is 0. The van der Waals surface area contributed by atoms with E-state index in [1.54, 1.807) is 0 Å². The number of nitrogens with two attached hydrogens (primary N) is 1. The lowest BCUT2D eigenvalue weighted by molar-refractivity contribution is 0.378. The molecule has 2 aromatic heterocycles. The molecule has 140 valence electrons. The lowest BCUT2D eigenvalue weighted by Gasteiger charge is -2.16. The van der Waals surface area contributed by atoms with Gasteiger partial charge in [0.15, 0.2) is 0 Å². The van der Waals surface area contributed by atoms with Crippen molar-refractivity contribution in [1.29, 1.82) is 0 Å². The van der Waals surface area contributed by atoms with Gasteiger partial charge in [-0.3, -0.25) is 0 Å². The molecule has 4 aromatic rings. The van der Waals surface area contributed by atoms with E-state index in [2.05, 4.69) is 70.8 Å². The van der Waals surface area contributed by atoms with Gasteiger partial charge in [0.25, 0.3) is 0 Å². The molecule has 0 radical (unpaired) electrons. The molecule has 3 N–H and O–H groups in total. The molecular formula is C23H23N5. The van der Waals surface area contributed by atoms with Crippen LogP contribution in [0.4, 0.5) is 5.82 Å². The lowest BCUT2D eigenvalue weighted by atomic mass is 9.99. The number of nitrogens with zero attached hydrogens (tertiary/aromatic N) is 3. The first-order valence-corrected chi connectivity index (χ1v) is 9.67. The van der Waals surface area contributed by atoms with E-state index in [0.717, 1.165) is 59.3 Å². The summed E-state index contributed by atoms with van der Waals surface area (Å²) in [6.45, 7) is 8.03. The zero-order chi connectivity index (χ0) is 19.3. The normalized spacial score (nSPS) is 14.5. The van der Waals surface area contributed by atoms with Crippen LogP contribution in [-0.2, 0) is 6.54 Å². The first-order valence-electron chi connectivity index (χ1n) is 9.67. The molecule has 5 heteroatoms. The van der Waals surface area contributed by atoms with Crippen LogP contribution in [0.1, 0.15) is 24.2 Å². The number of likely N-dealkylation sites (tertiary alicyclic amines) is 1. The highest BCUT2D eigenvalue weighted by Crippen LogP contribution is 2.31. The summed E-state index contributed by atoms with van der Waals surface area (Å²) in [5.41, 5.74) is 13.6. The van der Waals surface area contributed by atoms with Gasteiger partial charge in [0.05, 0.1) is 12.1 Å². The van der Waals surface area contributed by atoms with Crippen LogP contribution in [0.3, 0.4) is 0 Å². The second-order valence-electron chi connectivity index (χ2n) is 7.54. The summed E-state index contributed by atoms with van der Waals surface area (Å²) in [5.74, 6) is 1.39. The van der Waals surface area contributed by atoms with Gasteiger partial charge in [-0.25, -0.2) is 9.97 Å². The van der Waals surface area contributed by atoms with Gasteiger partial charge in [-0.15, -0.1) is 0 Å². The van der Waals surface area contributed by atoms with Gasteiger partial charge in [-0.1, -0.05) is 36.9 Å².